The predicted molar refractivity (Wildman–Crippen MR) is 122 cm³/mol. The van der Waals surface area contributed by atoms with E-state index < -0.39 is 23.6 Å². The normalized spacial score (nSPS) is 15.8. The second-order valence-corrected chi connectivity index (χ2v) is 7.43. The SMILES string of the molecule is CC.Cc1cnn(C2CCN(C(=O)Nc3ccc(C(F)(F)F)cc3)N=C2c2cccc(F)c2)c1. The van der Waals surface area contributed by atoms with Crippen LogP contribution >= 0.6 is 0 Å². The van der Waals surface area contributed by atoms with E-state index in [1.807, 2.05) is 27.0 Å². The second kappa shape index (κ2) is 10.5. The van der Waals surface area contributed by atoms with Crippen molar-refractivity contribution in [1.82, 2.24) is 14.8 Å². The number of nitrogens with one attached hydrogen (secondary N) is 1. The summed E-state index contributed by atoms with van der Waals surface area (Å²) in [4.78, 5) is 12.7. The van der Waals surface area contributed by atoms with Gasteiger partial charge in [-0.1, -0.05) is 26.0 Å². The Bertz CT molecular complexity index is 1150. The van der Waals surface area contributed by atoms with E-state index in [4.69, 9.17) is 0 Å². The number of nitrogens with zero attached hydrogens (tertiary/aromatic N) is 4. The molecule has 2 amide bonds. The maximum atomic E-state index is 13.9. The summed E-state index contributed by atoms with van der Waals surface area (Å²) in [6.07, 6.45) is -0.444. The van der Waals surface area contributed by atoms with Crippen LogP contribution in [0, 0.1) is 12.7 Å². The number of anilines is 1. The minimum Gasteiger partial charge on any atom is -0.306 e. The van der Waals surface area contributed by atoms with E-state index in [-0.39, 0.29) is 18.3 Å². The Labute approximate surface area is 194 Å². The quantitative estimate of drug-likeness (QED) is 0.455. The first-order valence-electron chi connectivity index (χ1n) is 10.8. The fourth-order valence-corrected chi connectivity index (χ4v) is 3.46. The van der Waals surface area contributed by atoms with Crippen LogP contribution in [0.2, 0.25) is 0 Å². The van der Waals surface area contributed by atoms with Crippen molar-refractivity contribution in [2.24, 2.45) is 5.10 Å². The van der Waals surface area contributed by atoms with Crippen LogP contribution in [0.3, 0.4) is 0 Å². The van der Waals surface area contributed by atoms with Crippen molar-refractivity contribution in [2.45, 2.75) is 39.4 Å². The standard InChI is InChI=1S/C22H19F4N5O.C2H6/c1-14-12-27-31(13-14)19-9-10-30(29-20(19)15-3-2-4-17(23)11-15)21(32)28-18-7-5-16(6-8-18)22(24,25)26;1-2/h2-8,11-13,19H,9-10H2,1H3,(H,28,32);1-2H3. The number of carbonyl (C=O) groups excluding carboxylic acids is 1. The lowest BCUT2D eigenvalue weighted by molar-refractivity contribution is -0.137. The fourth-order valence-electron chi connectivity index (χ4n) is 3.46. The number of urea groups is 1. The molecular weight excluding hydrogens is 450 g/mol. The highest BCUT2D eigenvalue weighted by Crippen LogP contribution is 2.30. The molecule has 2 heterocycles. The van der Waals surface area contributed by atoms with Crippen molar-refractivity contribution < 1.29 is 22.4 Å². The van der Waals surface area contributed by atoms with E-state index >= 15 is 0 Å². The first-order valence-corrected chi connectivity index (χ1v) is 10.8. The van der Waals surface area contributed by atoms with Crippen LogP contribution < -0.4 is 5.32 Å². The summed E-state index contributed by atoms with van der Waals surface area (Å²) in [6, 6.07) is 9.13. The van der Waals surface area contributed by atoms with Gasteiger partial charge in [0.1, 0.15) is 5.82 Å². The average Bonchev–Trinajstić information content (AvgIpc) is 3.26. The van der Waals surface area contributed by atoms with Crippen molar-refractivity contribution in [3.8, 4) is 0 Å². The Hall–Kier alpha value is -3.69. The van der Waals surface area contributed by atoms with E-state index in [1.165, 1.54) is 29.3 Å². The van der Waals surface area contributed by atoms with Crippen LogP contribution in [-0.2, 0) is 6.18 Å². The lowest BCUT2D eigenvalue weighted by Gasteiger charge is -2.30. The number of hydrogen-bond donors (Lipinski definition) is 1. The molecule has 180 valence electrons. The van der Waals surface area contributed by atoms with Crippen molar-refractivity contribution in [2.75, 3.05) is 11.9 Å². The molecule has 0 saturated heterocycles. The lowest BCUT2D eigenvalue weighted by atomic mass is 9.99. The van der Waals surface area contributed by atoms with Gasteiger partial charge in [-0.25, -0.2) is 14.2 Å². The third kappa shape index (κ3) is 5.81. The molecule has 1 aliphatic heterocycles. The molecule has 0 radical (unpaired) electrons. The van der Waals surface area contributed by atoms with E-state index in [0.717, 1.165) is 17.7 Å². The lowest BCUT2D eigenvalue weighted by Crippen LogP contribution is -2.39. The first kappa shape index (κ1) is 24.9. The molecule has 4 rings (SSSR count). The molecule has 3 aromatic rings. The molecule has 6 nitrogen and oxygen atoms in total. The Balaban J connectivity index is 0.00000158. The maximum absolute atomic E-state index is 13.9. The Morgan fingerprint density at radius 3 is 2.41 bits per heavy atom. The number of aryl methyl sites for hydroxylation is 1. The predicted octanol–water partition coefficient (Wildman–Crippen LogP) is 6.26. The minimum absolute atomic E-state index is 0.204. The summed E-state index contributed by atoms with van der Waals surface area (Å²) < 4.78 is 53.8. The van der Waals surface area contributed by atoms with Crippen LogP contribution in [-0.4, -0.2) is 33.1 Å². The number of hydrogen-bond acceptors (Lipinski definition) is 3. The van der Waals surface area contributed by atoms with Crippen molar-refractivity contribution in [3.63, 3.8) is 0 Å². The topological polar surface area (TPSA) is 62.5 Å². The van der Waals surface area contributed by atoms with E-state index in [1.54, 1.807) is 23.0 Å². The zero-order valence-corrected chi connectivity index (χ0v) is 19.0. The number of hydrazone groups is 1. The van der Waals surface area contributed by atoms with Gasteiger partial charge in [0.25, 0.3) is 0 Å². The van der Waals surface area contributed by atoms with Gasteiger partial charge in [-0.15, -0.1) is 0 Å². The molecule has 0 spiro atoms. The number of benzene rings is 2. The molecule has 1 aliphatic rings. The molecule has 10 heteroatoms. The summed E-state index contributed by atoms with van der Waals surface area (Å²) in [5.74, 6) is -0.438. The fraction of sp³-hybridized carbons (Fsp3) is 0.292. The molecule has 34 heavy (non-hydrogen) atoms. The zero-order valence-electron chi connectivity index (χ0n) is 19.0. The summed E-state index contributed by atoms with van der Waals surface area (Å²) in [5, 5.41) is 12.5. The van der Waals surface area contributed by atoms with Gasteiger partial charge in [0.05, 0.1) is 23.5 Å². The van der Waals surface area contributed by atoms with E-state index in [0.29, 0.717) is 17.7 Å². The molecule has 0 fully saturated rings. The minimum atomic E-state index is -4.46. The highest BCUT2D eigenvalue weighted by atomic mass is 19.4. The van der Waals surface area contributed by atoms with Gasteiger partial charge < -0.3 is 5.32 Å². The maximum Gasteiger partial charge on any atom is 0.416 e. The van der Waals surface area contributed by atoms with Crippen LogP contribution in [0.1, 0.15) is 43.0 Å². The average molecular weight is 475 g/mol. The van der Waals surface area contributed by atoms with Gasteiger partial charge in [-0.2, -0.15) is 23.4 Å². The van der Waals surface area contributed by atoms with Crippen molar-refractivity contribution in [3.05, 3.63) is 83.4 Å². The van der Waals surface area contributed by atoms with E-state index in [9.17, 15) is 22.4 Å². The van der Waals surface area contributed by atoms with Gasteiger partial charge in [0, 0.05) is 24.0 Å². The second-order valence-electron chi connectivity index (χ2n) is 7.43. The smallest absolute Gasteiger partial charge is 0.306 e. The number of rotatable bonds is 3. The molecule has 1 N–H and O–H groups in total. The van der Waals surface area contributed by atoms with Crippen LogP contribution in [0.5, 0.6) is 0 Å². The Kier molecular flexibility index (Phi) is 7.70. The molecule has 1 aromatic heterocycles. The molecule has 1 atom stereocenters. The summed E-state index contributed by atoms with van der Waals surface area (Å²) >= 11 is 0. The highest BCUT2D eigenvalue weighted by Gasteiger charge is 2.31. The zero-order chi connectivity index (χ0) is 24.9. The van der Waals surface area contributed by atoms with Gasteiger partial charge in [-0.05, 0) is 55.3 Å². The molecule has 0 aliphatic carbocycles. The number of amides is 2. The number of halogens is 4. The third-order valence-electron chi connectivity index (χ3n) is 5.03. The Morgan fingerprint density at radius 1 is 1.12 bits per heavy atom. The number of alkyl halides is 3. The van der Waals surface area contributed by atoms with E-state index in [2.05, 4.69) is 15.5 Å². The molecular formula is C24H25F4N5O. The summed E-state index contributed by atoms with van der Waals surface area (Å²) in [6.45, 7) is 6.14. The summed E-state index contributed by atoms with van der Waals surface area (Å²) in [7, 11) is 0. The molecule has 1 unspecified atom stereocenters. The van der Waals surface area contributed by atoms with Crippen molar-refractivity contribution in [1.29, 1.82) is 0 Å². The van der Waals surface area contributed by atoms with Gasteiger partial charge in [-0.3, -0.25) is 4.68 Å². The van der Waals surface area contributed by atoms with Gasteiger partial charge >= 0.3 is 12.2 Å². The van der Waals surface area contributed by atoms with Crippen molar-refractivity contribution >= 4 is 17.4 Å². The highest BCUT2D eigenvalue weighted by molar-refractivity contribution is 6.04. The number of carbonyl (C=O) groups is 1. The molecule has 2 aromatic carbocycles. The molecule has 0 saturated carbocycles. The monoisotopic (exact) mass is 475 g/mol. The van der Waals surface area contributed by atoms with Crippen LogP contribution in [0.25, 0.3) is 0 Å². The Morgan fingerprint density at radius 2 is 1.82 bits per heavy atom. The van der Waals surface area contributed by atoms with Crippen LogP contribution in [0.4, 0.5) is 28.0 Å². The number of aromatic nitrogens is 2. The van der Waals surface area contributed by atoms with Gasteiger partial charge in [0.15, 0.2) is 0 Å². The summed E-state index contributed by atoms with van der Waals surface area (Å²) in [5.41, 5.74) is 1.32. The largest absolute Gasteiger partial charge is 0.416 e. The van der Waals surface area contributed by atoms with Gasteiger partial charge in [0.2, 0.25) is 0 Å². The van der Waals surface area contributed by atoms with Crippen LogP contribution in [0.15, 0.2) is 66.0 Å². The molecule has 0 bridgehead atoms. The third-order valence-corrected chi connectivity index (χ3v) is 5.03. The first-order chi connectivity index (χ1) is 16.2.